The Morgan fingerprint density at radius 3 is 2.63 bits per heavy atom. The fourth-order valence-corrected chi connectivity index (χ4v) is 2.67. The third-order valence-corrected chi connectivity index (χ3v) is 3.82. The second kappa shape index (κ2) is 5.89. The highest BCUT2D eigenvalue weighted by molar-refractivity contribution is 7.12. The van der Waals surface area contributed by atoms with Crippen LogP contribution in [0.2, 0.25) is 0 Å². The minimum Gasteiger partial charge on any atom is -0.496 e. The number of thiophene rings is 1. The van der Waals surface area contributed by atoms with Crippen molar-refractivity contribution in [1.29, 1.82) is 0 Å². The molecule has 0 N–H and O–H groups in total. The van der Waals surface area contributed by atoms with Crippen LogP contribution in [-0.4, -0.2) is 20.0 Å². The van der Waals surface area contributed by atoms with E-state index in [2.05, 4.69) is 0 Å². The van der Waals surface area contributed by atoms with E-state index in [1.165, 1.54) is 11.3 Å². The third kappa shape index (κ3) is 3.15. The third-order valence-electron chi connectivity index (χ3n) is 2.87. The van der Waals surface area contributed by atoms with Crippen LogP contribution in [0, 0.1) is 6.92 Å². The van der Waals surface area contributed by atoms with Crippen molar-refractivity contribution in [2.75, 3.05) is 14.2 Å². The lowest BCUT2D eigenvalue weighted by Gasteiger charge is -2.08. The van der Waals surface area contributed by atoms with Crippen LogP contribution in [0.3, 0.4) is 0 Å². The van der Waals surface area contributed by atoms with E-state index in [1.54, 1.807) is 20.3 Å². The first-order chi connectivity index (χ1) is 9.13. The van der Waals surface area contributed by atoms with E-state index in [4.69, 9.17) is 9.47 Å². The first kappa shape index (κ1) is 13.6. The first-order valence-corrected chi connectivity index (χ1v) is 6.81. The maximum atomic E-state index is 12.2. The van der Waals surface area contributed by atoms with Gasteiger partial charge in [-0.05, 0) is 13.0 Å². The summed E-state index contributed by atoms with van der Waals surface area (Å²) in [7, 11) is 3.21. The highest BCUT2D eigenvalue weighted by Gasteiger charge is 2.13. The van der Waals surface area contributed by atoms with Crippen LogP contribution in [-0.2, 0) is 6.42 Å². The van der Waals surface area contributed by atoms with Crippen molar-refractivity contribution < 1.29 is 14.3 Å². The molecular weight excluding hydrogens is 260 g/mol. The van der Waals surface area contributed by atoms with Gasteiger partial charge >= 0.3 is 0 Å². The smallest absolute Gasteiger partial charge is 0.177 e. The number of carbonyl (C=O) groups is 1. The molecule has 0 saturated heterocycles. The SMILES string of the molecule is COc1csc(C(=O)Cc2cc(C)ccc2OC)c1. The molecule has 1 heterocycles. The summed E-state index contributed by atoms with van der Waals surface area (Å²) in [6.07, 6.45) is 0.342. The molecule has 100 valence electrons. The average Bonchev–Trinajstić information content (AvgIpc) is 2.88. The number of hydrogen-bond acceptors (Lipinski definition) is 4. The van der Waals surface area contributed by atoms with Crippen LogP contribution in [0.15, 0.2) is 29.6 Å². The molecule has 2 rings (SSSR count). The predicted octanol–water partition coefficient (Wildman–Crippen LogP) is 3.50. The minimum atomic E-state index is 0.0807. The summed E-state index contributed by atoms with van der Waals surface area (Å²) in [5.41, 5.74) is 2.03. The van der Waals surface area contributed by atoms with Gasteiger partial charge in [-0.3, -0.25) is 4.79 Å². The van der Waals surface area contributed by atoms with Crippen molar-refractivity contribution in [2.45, 2.75) is 13.3 Å². The predicted molar refractivity (Wildman–Crippen MR) is 76.6 cm³/mol. The van der Waals surface area contributed by atoms with E-state index in [-0.39, 0.29) is 5.78 Å². The molecule has 3 nitrogen and oxygen atoms in total. The molecule has 0 atom stereocenters. The topological polar surface area (TPSA) is 35.5 Å². The van der Waals surface area contributed by atoms with Crippen molar-refractivity contribution in [3.8, 4) is 11.5 Å². The van der Waals surface area contributed by atoms with E-state index >= 15 is 0 Å². The van der Waals surface area contributed by atoms with E-state index in [0.717, 1.165) is 22.6 Å². The van der Waals surface area contributed by atoms with Gasteiger partial charge < -0.3 is 9.47 Å². The molecule has 0 radical (unpaired) electrons. The van der Waals surface area contributed by atoms with Crippen LogP contribution >= 0.6 is 11.3 Å². The standard InChI is InChI=1S/C15H16O3S/c1-10-4-5-14(18-3)11(6-10)7-13(16)15-8-12(17-2)9-19-15/h4-6,8-9H,7H2,1-3H3. The van der Waals surface area contributed by atoms with Crippen LogP contribution in [0.25, 0.3) is 0 Å². The summed E-state index contributed by atoms with van der Waals surface area (Å²) in [4.78, 5) is 12.9. The van der Waals surface area contributed by atoms with Crippen molar-refractivity contribution in [3.05, 3.63) is 45.6 Å². The second-order valence-electron chi connectivity index (χ2n) is 4.27. The van der Waals surface area contributed by atoms with Gasteiger partial charge in [0, 0.05) is 23.4 Å². The maximum absolute atomic E-state index is 12.2. The van der Waals surface area contributed by atoms with Crippen LogP contribution in [0.4, 0.5) is 0 Å². The minimum absolute atomic E-state index is 0.0807. The van der Waals surface area contributed by atoms with E-state index in [1.807, 2.05) is 30.5 Å². The number of benzene rings is 1. The van der Waals surface area contributed by atoms with Gasteiger partial charge in [-0.25, -0.2) is 0 Å². The molecule has 0 fully saturated rings. The monoisotopic (exact) mass is 276 g/mol. The van der Waals surface area contributed by atoms with Gasteiger partial charge in [0.05, 0.1) is 19.1 Å². The summed E-state index contributed by atoms with van der Waals surface area (Å²) in [6.45, 7) is 2.00. The quantitative estimate of drug-likeness (QED) is 0.784. The van der Waals surface area contributed by atoms with Gasteiger partial charge in [0.1, 0.15) is 11.5 Å². The normalized spacial score (nSPS) is 10.3. The number of aryl methyl sites for hydroxylation is 1. The molecular formula is C15H16O3S. The molecule has 0 aliphatic heterocycles. The van der Waals surface area contributed by atoms with Crippen LogP contribution in [0.5, 0.6) is 11.5 Å². The summed E-state index contributed by atoms with van der Waals surface area (Å²) >= 11 is 1.40. The zero-order chi connectivity index (χ0) is 13.8. The average molecular weight is 276 g/mol. The van der Waals surface area contributed by atoms with Crippen molar-refractivity contribution in [2.24, 2.45) is 0 Å². The molecule has 0 unspecified atom stereocenters. The number of Topliss-reactive ketones (excluding diaryl/α,β-unsaturated/α-hetero) is 1. The molecule has 0 saturated carbocycles. The number of methoxy groups -OCH3 is 2. The Morgan fingerprint density at radius 2 is 2.00 bits per heavy atom. The lowest BCUT2D eigenvalue weighted by molar-refractivity contribution is 0.0995. The van der Waals surface area contributed by atoms with Gasteiger partial charge in [-0.2, -0.15) is 0 Å². The molecule has 1 aromatic carbocycles. The summed E-state index contributed by atoms with van der Waals surface area (Å²) in [6, 6.07) is 7.63. The number of rotatable bonds is 5. The molecule has 0 aliphatic rings. The zero-order valence-corrected chi connectivity index (χ0v) is 12.0. The summed E-state index contributed by atoms with van der Waals surface area (Å²) < 4.78 is 10.4. The number of ketones is 1. The Balaban J connectivity index is 2.20. The number of hydrogen-bond donors (Lipinski definition) is 0. The van der Waals surface area contributed by atoms with E-state index in [0.29, 0.717) is 11.3 Å². The first-order valence-electron chi connectivity index (χ1n) is 5.93. The number of ether oxygens (including phenoxy) is 2. The Labute approximate surface area is 116 Å². The largest absolute Gasteiger partial charge is 0.496 e. The van der Waals surface area contributed by atoms with Crippen molar-refractivity contribution >= 4 is 17.1 Å². The van der Waals surface area contributed by atoms with Crippen molar-refractivity contribution in [1.82, 2.24) is 0 Å². The zero-order valence-electron chi connectivity index (χ0n) is 11.2. The number of carbonyl (C=O) groups excluding carboxylic acids is 1. The summed E-state index contributed by atoms with van der Waals surface area (Å²) in [5, 5.41) is 1.83. The van der Waals surface area contributed by atoms with Crippen molar-refractivity contribution in [3.63, 3.8) is 0 Å². The molecule has 4 heteroatoms. The van der Waals surface area contributed by atoms with Crippen LogP contribution < -0.4 is 9.47 Å². The maximum Gasteiger partial charge on any atom is 0.177 e. The van der Waals surface area contributed by atoms with E-state index in [9.17, 15) is 4.79 Å². The molecule has 19 heavy (non-hydrogen) atoms. The van der Waals surface area contributed by atoms with Gasteiger partial charge in [0.25, 0.3) is 0 Å². The molecule has 0 aliphatic carbocycles. The Hall–Kier alpha value is -1.81. The second-order valence-corrected chi connectivity index (χ2v) is 5.18. The lowest BCUT2D eigenvalue weighted by Crippen LogP contribution is -2.03. The molecule has 0 spiro atoms. The molecule has 2 aromatic rings. The Morgan fingerprint density at radius 1 is 1.21 bits per heavy atom. The molecule has 0 bridgehead atoms. The van der Waals surface area contributed by atoms with Crippen LogP contribution in [0.1, 0.15) is 20.8 Å². The highest BCUT2D eigenvalue weighted by atomic mass is 32.1. The van der Waals surface area contributed by atoms with Gasteiger partial charge in [0.15, 0.2) is 5.78 Å². The fraction of sp³-hybridized carbons (Fsp3) is 0.267. The Kier molecular flexibility index (Phi) is 4.22. The Bertz CT molecular complexity index is 587. The van der Waals surface area contributed by atoms with E-state index < -0.39 is 0 Å². The molecule has 1 aromatic heterocycles. The fourth-order valence-electron chi connectivity index (χ4n) is 1.88. The van der Waals surface area contributed by atoms with Gasteiger partial charge in [0.2, 0.25) is 0 Å². The highest BCUT2D eigenvalue weighted by Crippen LogP contribution is 2.25. The summed E-state index contributed by atoms with van der Waals surface area (Å²) in [5.74, 6) is 1.56. The van der Waals surface area contributed by atoms with Gasteiger partial charge in [-0.15, -0.1) is 11.3 Å². The molecule has 0 amide bonds. The van der Waals surface area contributed by atoms with Gasteiger partial charge in [-0.1, -0.05) is 17.7 Å². The lowest BCUT2D eigenvalue weighted by atomic mass is 10.0.